The fraction of sp³-hybridized carbons (Fsp3) is 0.510. The number of amides is 2. The lowest BCUT2D eigenvalue weighted by Crippen LogP contribution is -2.69. The van der Waals surface area contributed by atoms with Crippen molar-refractivity contribution < 1.29 is 52.8 Å². The van der Waals surface area contributed by atoms with Gasteiger partial charge in [0.2, 0.25) is 17.6 Å². The van der Waals surface area contributed by atoms with Crippen molar-refractivity contribution in [3.8, 4) is 0 Å². The van der Waals surface area contributed by atoms with E-state index in [0.717, 1.165) is 41.5 Å². The van der Waals surface area contributed by atoms with Crippen LogP contribution in [0.3, 0.4) is 0 Å². The molecule has 14 nitrogen and oxygen atoms in total. The minimum atomic E-state index is -1.48. The van der Waals surface area contributed by atoms with Crippen molar-refractivity contribution in [3.05, 3.63) is 113 Å². The lowest BCUT2D eigenvalue weighted by Gasteiger charge is -2.48. The Bertz CT molecular complexity index is 2160. The van der Waals surface area contributed by atoms with E-state index in [2.05, 4.69) is 28.9 Å². The predicted octanol–water partition coefficient (Wildman–Crippen LogP) is 4.86. The van der Waals surface area contributed by atoms with Gasteiger partial charge < -0.3 is 39.4 Å². The number of hydrogen-bond donors (Lipinski definition) is 3. The van der Waals surface area contributed by atoms with Crippen molar-refractivity contribution in [1.29, 1.82) is 0 Å². The monoisotopic (exact) mass is 863 g/mol. The highest BCUT2D eigenvalue weighted by molar-refractivity contribution is 5.94. The molecule has 9 rings (SSSR count). The van der Waals surface area contributed by atoms with Crippen LogP contribution in [0.4, 0.5) is 0 Å². The van der Waals surface area contributed by atoms with Gasteiger partial charge in [-0.2, -0.15) is 5.06 Å². The zero-order chi connectivity index (χ0) is 43.9. The number of hydroxylamine groups is 2. The Morgan fingerprint density at radius 3 is 2.35 bits per heavy atom. The van der Waals surface area contributed by atoms with Crippen molar-refractivity contribution >= 4 is 29.8 Å². The molecule has 63 heavy (non-hydrogen) atoms. The van der Waals surface area contributed by atoms with Crippen molar-refractivity contribution in [1.82, 2.24) is 15.7 Å². The van der Waals surface area contributed by atoms with Gasteiger partial charge in [0.25, 0.3) is 0 Å². The lowest BCUT2D eigenvalue weighted by atomic mass is 9.62. The summed E-state index contributed by atoms with van der Waals surface area (Å²) in [6.45, 7) is 5.04. The van der Waals surface area contributed by atoms with Crippen molar-refractivity contribution in [2.24, 2.45) is 11.3 Å². The molecule has 4 saturated heterocycles. The van der Waals surface area contributed by atoms with Gasteiger partial charge in [0.05, 0.1) is 31.4 Å². The molecule has 3 aromatic carbocycles. The summed E-state index contributed by atoms with van der Waals surface area (Å²) in [6.07, 6.45) is 5.14. The third kappa shape index (κ3) is 8.81. The van der Waals surface area contributed by atoms with Crippen molar-refractivity contribution in [2.45, 2.75) is 132 Å². The quantitative estimate of drug-likeness (QED) is 0.140. The van der Waals surface area contributed by atoms with E-state index in [0.29, 0.717) is 18.1 Å². The molecule has 4 aliphatic heterocycles. The van der Waals surface area contributed by atoms with Crippen LogP contribution in [-0.2, 0) is 60.0 Å². The number of carbonyl (C=O) groups is 4. The van der Waals surface area contributed by atoms with Crippen LogP contribution in [0, 0.1) is 11.3 Å². The van der Waals surface area contributed by atoms with Gasteiger partial charge in [0, 0.05) is 36.9 Å². The average molecular weight is 864 g/mol. The Kier molecular flexibility index (Phi) is 12.1. The minimum absolute atomic E-state index is 0.0143. The standard InChI is InChI=1S/C49H57N3O11/c1-47(2,3)60-40(55)22-20-35(29-53)51-39(54)23-24-50-46(57)48-27-38-41-42(62-49(61-41,33-13-6-4-7-14-33)34-15-8-5-9-16-34)44(48)63-52(43(48)45(56)59-38)28-32-12-10-11-30(25-32)17-18-31-19-21-36-37(26-31)58-36/h4-18,25,31,35-38,41-44,53H,19-24,26-29H2,1-3H3,(H,50,57)(H,51,54)/t31?,35-,36?,37?,38+,41-,42-,43-,44+,48-/m0/s1. The van der Waals surface area contributed by atoms with E-state index in [1.54, 1.807) is 25.8 Å². The number of allylic oxidation sites excluding steroid dienone is 1. The first-order valence-electron chi connectivity index (χ1n) is 22.3. The number of benzene rings is 3. The topological polar surface area (TPSA) is 174 Å². The smallest absolute Gasteiger partial charge is 0.327 e. The summed E-state index contributed by atoms with van der Waals surface area (Å²) in [7, 11) is 0. The first-order chi connectivity index (χ1) is 30.3. The number of carbonyl (C=O) groups excluding carboxylic acids is 4. The fourth-order valence-electron chi connectivity index (χ4n) is 10.2. The molecular formula is C49H57N3O11. The zero-order valence-corrected chi connectivity index (χ0v) is 36.0. The second-order valence-electron chi connectivity index (χ2n) is 18.7. The molecule has 14 heteroatoms. The van der Waals surface area contributed by atoms with E-state index >= 15 is 0 Å². The minimum Gasteiger partial charge on any atom is -0.460 e. The van der Waals surface area contributed by atoms with E-state index in [1.807, 2.05) is 78.9 Å². The van der Waals surface area contributed by atoms with Crippen LogP contribution < -0.4 is 10.6 Å². The predicted molar refractivity (Wildman–Crippen MR) is 228 cm³/mol. The zero-order valence-electron chi connectivity index (χ0n) is 36.0. The van der Waals surface area contributed by atoms with Gasteiger partial charge in [-0.1, -0.05) is 97.1 Å². The summed E-state index contributed by atoms with van der Waals surface area (Å²) in [5, 5.41) is 17.2. The normalized spacial score (nSPS) is 30.8. The number of rotatable bonds is 15. The first-order valence-corrected chi connectivity index (χ1v) is 22.3. The van der Waals surface area contributed by atoms with Crippen LogP contribution in [0.2, 0.25) is 0 Å². The van der Waals surface area contributed by atoms with Crippen molar-refractivity contribution in [3.63, 3.8) is 0 Å². The van der Waals surface area contributed by atoms with Gasteiger partial charge in [-0.25, -0.2) is 0 Å². The molecule has 2 aliphatic carbocycles. The van der Waals surface area contributed by atoms with Crippen LogP contribution in [0.15, 0.2) is 91.0 Å². The molecule has 2 amide bonds. The maximum atomic E-state index is 14.9. The van der Waals surface area contributed by atoms with Crippen molar-refractivity contribution in [2.75, 3.05) is 13.2 Å². The average Bonchev–Trinajstić information content (AvgIpc) is 3.79. The van der Waals surface area contributed by atoms with E-state index in [-0.39, 0.29) is 45.4 Å². The second-order valence-corrected chi connectivity index (χ2v) is 18.7. The summed E-state index contributed by atoms with van der Waals surface area (Å²) in [5.74, 6) is -2.88. The SMILES string of the molecule is CC(C)(C)OC(=O)CC[C@@H](CO)NC(=O)CCNC(=O)[C@@]12C[C@H]3OC(=O)[C@@H]1N(Cc1cccc(C=CC4CCC5OC5C4)c1)O[C@@H]2[C@H]1OC(c2ccccc2)(c2ccccc2)O[C@H]13. The van der Waals surface area contributed by atoms with Gasteiger partial charge in [0.1, 0.15) is 35.4 Å². The third-order valence-electron chi connectivity index (χ3n) is 13.1. The molecule has 3 aromatic rings. The van der Waals surface area contributed by atoms with Gasteiger partial charge >= 0.3 is 11.9 Å². The first kappa shape index (κ1) is 43.3. The maximum absolute atomic E-state index is 14.9. The molecule has 2 bridgehead atoms. The molecular weight excluding hydrogens is 807 g/mol. The van der Waals surface area contributed by atoms with Gasteiger partial charge in [-0.15, -0.1) is 0 Å². The number of hydrogen-bond acceptors (Lipinski definition) is 12. The molecule has 10 atom stereocenters. The molecule has 4 heterocycles. The Hall–Kier alpha value is -4.96. The summed E-state index contributed by atoms with van der Waals surface area (Å²) in [6, 6.07) is 25.3. The van der Waals surface area contributed by atoms with E-state index in [9.17, 15) is 24.3 Å². The molecule has 3 N–H and O–H groups in total. The molecule has 0 radical (unpaired) electrons. The molecule has 6 fully saturated rings. The number of epoxide rings is 1. The number of aliphatic hydroxyl groups is 1. The number of nitrogens with one attached hydrogen (secondary N) is 2. The second kappa shape index (κ2) is 17.5. The number of aliphatic hydroxyl groups excluding tert-OH is 1. The number of nitrogens with zero attached hydrogens (tertiary/aromatic N) is 1. The summed E-state index contributed by atoms with van der Waals surface area (Å²) in [5.41, 5.74) is 1.22. The largest absolute Gasteiger partial charge is 0.460 e. The molecule has 2 saturated carbocycles. The van der Waals surface area contributed by atoms with Crippen LogP contribution in [0.1, 0.15) is 88.0 Å². The summed E-state index contributed by atoms with van der Waals surface area (Å²) >= 11 is 0. The van der Waals surface area contributed by atoms with Gasteiger partial charge in [-0.3, -0.25) is 24.0 Å². The highest BCUT2D eigenvalue weighted by atomic mass is 16.8. The molecule has 0 aromatic heterocycles. The number of esters is 2. The molecule has 334 valence electrons. The van der Waals surface area contributed by atoms with E-state index < -0.39 is 77.1 Å². The van der Waals surface area contributed by atoms with E-state index in [4.69, 9.17) is 28.5 Å². The van der Waals surface area contributed by atoms with Crippen LogP contribution in [0.5, 0.6) is 0 Å². The van der Waals surface area contributed by atoms with Gasteiger partial charge in [0.15, 0.2) is 6.04 Å². The Labute approximate surface area is 367 Å². The Balaban J connectivity index is 0.965. The van der Waals surface area contributed by atoms with Crippen LogP contribution in [-0.4, -0.2) is 101 Å². The Morgan fingerprint density at radius 1 is 0.921 bits per heavy atom. The lowest BCUT2D eigenvalue weighted by molar-refractivity contribution is -0.213. The highest BCUT2D eigenvalue weighted by Gasteiger charge is 2.76. The maximum Gasteiger partial charge on any atom is 0.327 e. The summed E-state index contributed by atoms with van der Waals surface area (Å²) < 4.78 is 31.4. The fourth-order valence-corrected chi connectivity index (χ4v) is 10.2. The number of ether oxygens (including phenoxy) is 5. The molecule has 6 aliphatic rings. The number of fused-ring (bicyclic) bond motifs is 5. The summed E-state index contributed by atoms with van der Waals surface area (Å²) in [4.78, 5) is 61.6. The van der Waals surface area contributed by atoms with E-state index in [1.165, 1.54) is 0 Å². The molecule has 3 unspecified atom stereocenters. The molecule has 0 spiro atoms. The third-order valence-corrected chi connectivity index (χ3v) is 13.1. The van der Waals surface area contributed by atoms with Crippen LogP contribution in [0.25, 0.3) is 6.08 Å². The highest BCUT2D eigenvalue weighted by Crippen LogP contribution is 2.59. The van der Waals surface area contributed by atoms with Crippen LogP contribution >= 0.6 is 0 Å². The Morgan fingerprint density at radius 2 is 1.65 bits per heavy atom. The van der Waals surface area contributed by atoms with Gasteiger partial charge in [-0.05, 0) is 63.5 Å².